The van der Waals surface area contributed by atoms with Crippen molar-refractivity contribution in [3.05, 3.63) is 113 Å². The van der Waals surface area contributed by atoms with E-state index in [1.807, 2.05) is 41.7 Å². The fraction of sp³-hybridized carbons (Fsp3) is 0.347. The van der Waals surface area contributed by atoms with Gasteiger partial charge in [0.25, 0.3) is 11.8 Å². The zero-order valence-electron chi connectivity index (χ0n) is 39.5. The number of hydrogen-bond donors (Lipinski definition) is 12. The minimum atomic E-state index is -1.58. The number of carboxylic acids is 5. The number of nitrogens with one attached hydrogen (secondary N) is 7. The quantitative estimate of drug-likeness (QED) is 0.0261. The molecule has 1 aromatic heterocycles. The molecule has 0 bridgehead atoms. The number of halogens is 1. The third-order valence-corrected chi connectivity index (χ3v) is 11.2. The van der Waals surface area contributed by atoms with Crippen LogP contribution in [-0.2, 0) is 51.3 Å². The van der Waals surface area contributed by atoms with E-state index in [2.05, 4.69) is 36.9 Å². The van der Waals surface area contributed by atoms with Crippen molar-refractivity contribution in [3.63, 3.8) is 0 Å². The predicted molar refractivity (Wildman–Crippen MR) is 257 cm³/mol. The van der Waals surface area contributed by atoms with Gasteiger partial charge in [-0.1, -0.05) is 54.6 Å². The van der Waals surface area contributed by atoms with Crippen LogP contribution in [-0.4, -0.2) is 133 Å². The van der Waals surface area contributed by atoms with Crippen molar-refractivity contribution < 1.29 is 82.7 Å². The van der Waals surface area contributed by atoms with Gasteiger partial charge < -0.3 is 62.8 Å². The monoisotopic (exact) mass is 1030 g/mol. The van der Waals surface area contributed by atoms with Crippen LogP contribution in [0.15, 0.2) is 85.1 Å². The molecule has 24 nitrogen and oxygen atoms in total. The Hall–Kier alpha value is -9.03. The van der Waals surface area contributed by atoms with Gasteiger partial charge in [0.05, 0.1) is 0 Å². The van der Waals surface area contributed by atoms with Crippen molar-refractivity contribution in [1.29, 1.82) is 0 Å². The molecule has 74 heavy (non-hydrogen) atoms. The molecule has 0 aliphatic carbocycles. The minimum absolute atomic E-state index is 0.0233. The van der Waals surface area contributed by atoms with Gasteiger partial charge in [0, 0.05) is 62.2 Å². The number of carbonyl (C=O) groups is 11. The van der Waals surface area contributed by atoms with Gasteiger partial charge in [-0.2, -0.15) is 4.39 Å². The van der Waals surface area contributed by atoms with Crippen LogP contribution in [0.25, 0.3) is 10.8 Å². The molecule has 0 aliphatic heterocycles. The first-order valence-electron chi connectivity index (χ1n) is 23.0. The van der Waals surface area contributed by atoms with Crippen LogP contribution >= 0.6 is 0 Å². The molecule has 0 saturated carbocycles. The third kappa shape index (κ3) is 19.6. The largest absolute Gasteiger partial charge is 0.481 e. The number of aromatic nitrogens is 1. The molecule has 0 fully saturated rings. The zero-order chi connectivity index (χ0) is 54.3. The molecule has 3 aromatic carbocycles. The van der Waals surface area contributed by atoms with Crippen LogP contribution in [0, 0.1) is 5.95 Å². The summed E-state index contributed by atoms with van der Waals surface area (Å²) in [5, 5.41) is 65.1. The highest BCUT2D eigenvalue weighted by Gasteiger charge is 2.29. The van der Waals surface area contributed by atoms with E-state index in [4.69, 9.17) is 5.11 Å². The summed E-state index contributed by atoms with van der Waals surface area (Å²) in [6.45, 7) is -0.161. The second-order valence-electron chi connectivity index (χ2n) is 16.8. The van der Waals surface area contributed by atoms with E-state index in [0.717, 1.165) is 29.1 Å². The summed E-state index contributed by atoms with van der Waals surface area (Å²) in [5.74, 6) is -11.9. The van der Waals surface area contributed by atoms with Crippen molar-refractivity contribution in [2.45, 2.75) is 101 Å². The molecule has 5 unspecified atom stereocenters. The number of rotatable bonds is 30. The van der Waals surface area contributed by atoms with Gasteiger partial charge in [0.1, 0.15) is 30.2 Å². The smallest absolute Gasteiger partial charge is 0.326 e. The first-order valence-corrected chi connectivity index (χ1v) is 23.0. The first kappa shape index (κ1) is 57.5. The molecule has 5 atom stereocenters. The van der Waals surface area contributed by atoms with Gasteiger partial charge in [-0.3, -0.25) is 38.4 Å². The Labute approximate surface area is 420 Å². The maximum atomic E-state index is 13.7. The number of nitrogens with zero attached hydrogens (tertiary/aromatic N) is 1. The number of carbonyl (C=O) groups excluding carboxylic acids is 6. The van der Waals surface area contributed by atoms with Gasteiger partial charge in [-0.25, -0.2) is 19.4 Å². The highest BCUT2D eigenvalue weighted by molar-refractivity contribution is 5.99. The number of unbranched alkanes of at least 4 members (excludes halogenated alkanes) is 1. The SMILES string of the molecule is O=C(O)CCC(NC(=O)NC(CCCCNC(=O)C(Cc1ccc2ccccc2c1)NC(=O)c1ccc(CNC(=O)C(CCC(=O)O)NC(=O)C(CCC(=O)O)NC(=O)c2ccnc([18F])c2)cc1)C(=O)O)C(=O)O. The maximum absolute atomic E-state index is 13.7. The summed E-state index contributed by atoms with van der Waals surface area (Å²) in [5.41, 5.74) is 1.03. The normalized spacial score (nSPS) is 12.8. The standard InChI is InChI=1S/C49H55FN8O16/c50-38-25-32(20-22-51-38)43(66)54-34(15-18-40(61)62)46(69)55-33(14-17-39(59)60)44(67)53-26-27-8-12-30(13-9-27)42(65)56-37(24-28-10-11-29-5-1-2-6-31(29)23-28)45(68)52-21-4-3-7-35(47(70)71)57-49(74)58-36(48(72)73)16-19-41(63)64/h1-2,5-6,8-13,20,22-23,25,33-37H,3-4,7,14-19,21,24,26H2,(H,52,68)(H,53,67)(H,54,66)(H,55,69)(H,56,65)(H,59,60)(H,61,62)(H,63,64)(H,70,71)(H,72,73)(H2,57,58,74)/i50-1. The number of aliphatic carboxylic acids is 5. The molecular weight excluding hydrogens is 975 g/mol. The van der Waals surface area contributed by atoms with Gasteiger partial charge >= 0.3 is 35.9 Å². The number of fused-ring (bicyclic) bond motifs is 1. The summed E-state index contributed by atoms with van der Waals surface area (Å²) in [6, 6.07) is 12.5. The summed E-state index contributed by atoms with van der Waals surface area (Å²) in [4.78, 5) is 140. The number of amides is 7. The van der Waals surface area contributed by atoms with Crippen molar-refractivity contribution in [2.75, 3.05) is 6.54 Å². The second kappa shape index (κ2) is 28.7. The molecular formula is C49H55FN8O16. The number of benzene rings is 3. The number of urea groups is 1. The van der Waals surface area contributed by atoms with Gasteiger partial charge in [0.2, 0.25) is 23.7 Å². The van der Waals surface area contributed by atoms with Crippen LogP contribution < -0.4 is 37.2 Å². The van der Waals surface area contributed by atoms with Crippen molar-refractivity contribution in [3.8, 4) is 0 Å². The number of pyridine rings is 1. The van der Waals surface area contributed by atoms with E-state index < -0.39 is 140 Å². The van der Waals surface area contributed by atoms with E-state index in [0.29, 0.717) is 11.1 Å². The van der Waals surface area contributed by atoms with Crippen molar-refractivity contribution in [1.82, 2.24) is 42.2 Å². The van der Waals surface area contributed by atoms with Crippen LogP contribution in [0.1, 0.15) is 89.6 Å². The van der Waals surface area contributed by atoms with Crippen LogP contribution in [0.4, 0.5) is 9.18 Å². The Bertz CT molecular complexity index is 2710. The fourth-order valence-corrected chi connectivity index (χ4v) is 7.22. The lowest BCUT2D eigenvalue weighted by Gasteiger charge is -2.23. The topological polar surface area (TPSA) is 386 Å². The van der Waals surface area contributed by atoms with Gasteiger partial charge in [-0.15, -0.1) is 0 Å². The fourth-order valence-electron chi connectivity index (χ4n) is 7.22. The van der Waals surface area contributed by atoms with E-state index in [1.165, 1.54) is 24.3 Å². The lowest BCUT2D eigenvalue weighted by Crippen LogP contribution is -2.53. The summed E-state index contributed by atoms with van der Waals surface area (Å²) in [6.07, 6.45) is -1.69. The maximum Gasteiger partial charge on any atom is 0.326 e. The molecule has 4 rings (SSSR count). The molecule has 0 aliphatic rings. The van der Waals surface area contributed by atoms with Crippen LogP contribution in [0.5, 0.6) is 0 Å². The third-order valence-electron chi connectivity index (χ3n) is 11.2. The Balaban J connectivity index is 1.38. The van der Waals surface area contributed by atoms with Gasteiger partial charge in [0.15, 0.2) is 0 Å². The number of hydrogen-bond acceptors (Lipinski definition) is 12. The molecule has 0 radical (unpaired) electrons. The Morgan fingerprint density at radius 3 is 1.61 bits per heavy atom. The van der Waals surface area contributed by atoms with E-state index in [-0.39, 0.29) is 49.9 Å². The second-order valence-corrected chi connectivity index (χ2v) is 16.8. The Morgan fingerprint density at radius 1 is 0.486 bits per heavy atom. The van der Waals surface area contributed by atoms with Crippen molar-refractivity contribution >= 4 is 76.2 Å². The molecule has 25 heteroatoms. The highest BCUT2D eigenvalue weighted by atomic mass is 18.2. The molecule has 12 N–H and O–H groups in total. The zero-order valence-corrected chi connectivity index (χ0v) is 39.5. The molecule has 1 heterocycles. The molecule has 0 spiro atoms. The molecule has 4 aromatic rings. The Kier molecular flexibility index (Phi) is 22.3. The lowest BCUT2D eigenvalue weighted by atomic mass is 10.0. The summed E-state index contributed by atoms with van der Waals surface area (Å²) in [7, 11) is 0. The lowest BCUT2D eigenvalue weighted by molar-refractivity contribution is -0.141. The minimum Gasteiger partial charge on any atom is -0.481 e. The van der Waals surface area contributed by atoms with E-state index in [9.17, 15) is 77.6 Å². The average Bonchev–Trinajstić information content (AvgIpc) is 3.35. The van der Waals surface area contributed by atoms with Crippen molar-refractivity contribution in [2.24, 2.45) is 0 Å². The highest BCUT2D eigenvalue weighted by Crippen LogP contribution is 2.18. The summed E-state index contributed by atoms with van der Waals surface area (Å²) < 4.78 is 13.7. The molecule has 394 valence electrons. The Morgan fingerprint density at radius 2 is 1.01 bits per heavy atom. The predicted octanol–water partition coefficient (Wildman–Crippen LogP) is 1.70. The molecule has 0 saturated heterocycles. The van der Waals surface area contributed by atoms with Crippen LogP contribution in [0.2, 0.25) is 0 Å². The van der Waals surface area contributed by atoms with E-state index in [1.54, 1.807) is 6.07 Å². The van der Waals surface area contributed by atoms with E-state index >= 15 is 0 Å². The van der Waals surface area contributed by atoms with Crippen LogP contribution in [0.3, 0.4) is 0 Å². The molecule has 7 amide bonds. The van der Waals surface area contributed by atoms with Gasteiger partial charge in [-0.05, 0) is 78.6 Å². The average molecular weight is 1030 g/mol. The number of carboxylic acid groups (broad SMARTS) is 5. The summed E-state index contributed by atoms with van der Waals surface area (Å²) >= 11 is 0. The first-order chi connectivity index (χ1) is 35.2.